The summed E-state index contributed by atoms with van der Waals surface area (Å²) in [6.07, 6.45) is 6.15. The van der Waals surface area contributed by atoms with Crippen molar-refractivity contribution in [1.29, 1.82) is 0 Å². The fourth-order valence-corrected chi connectivity index (χ4v) is 0.800. The molecule has 0 aromatic heterocycles. The first-order valence-electron chi connectivity index (χ1n) is 6.26. The smallest absolute Gasteiger partial charge is 0.330 e. The van der Waals surface area contributed by atoms with Gasteiger partial charge in [0.25, 0.3) is 0 Å². The maximum atomic E-state index is 10.3. The highest BCUT2D eigenvalue weighted by Gasteiger charge is 2.18. The van der Waals surface area contributed by atoms with Crippen LogP contribution >= 0.6 is 0 Å². The summed E-state index contributed by atoms with van der Waals surface area (Å²) in [4.78, 5) is 20.3. The van der Waals surface area contributed by atoms with Crippen LogP contribution in [0.3, 0.4) is 0 Å². The lowest BCUT2D eigenvalue weighted by atomic mass is 9.98. The summed E-state index contributed by atoms with van der Waals surface area (Å²) in [6.45, 7) is 8.75. The number of carbonyl (C=O) groups is 2. The van der Waals surface area contributed by atoms with Crippen molar-refractivity contribution in [3.63, 3.8) is 0 Å². The van der Waals surface area contributed by atoms with Crippen molar-refractivity contribution in [2.24, 2.45) is 5.41 Å². The maximum absolute atomic E-state index is 10.3. The molecule has 0 aliphatic rings. The lowest BCUT2D eigenvalue weighted by molar-refractivity contribution is -0.145. The van der Waals surface area contributed by atoms with E-state index in [4.69, 9.17) is 10.2 Å². The van der Waals surface area contributed by atoms with Gasteiger partial charge >= 0.3 is 11.9 Å². The zero-order valence-electron chi connectivity index (χ0n) is 12.1. The second-order valence-electron chi connectivity index (χ2n) is 5.24. The minimum Gasteiger partial charge on any atom is -0.481 e. The molecule has 0 saturated heterocycles. The fraction of sp³-hybridized carbons (Fsp3) is 0.714. The van der Waals surface area contributed by atoms with Gasteiger partial charge in [-0.05, 0) is 40.5 Å². The molecule has 0 rings (SSSR count). The molecule has 0 aromatic carbocycles. The first-order valence-corrected chi connectivity index (χ1v) is 6.26. The van der Waals surface area contributed by atoms with Gasteiger partial charge in [-0.1, -0.05) is 25.8 Å². The molecule has 18 heavy (non-hydrogen) atoms. The Morgan fingerprint density at radius 2 is 1.56 bits per heavy atom. The number of hydrogen-bond donors (Lipinski definition) is 2. The summed E-state index contributed by atoms with van der Waals surface area (Å²) >= 11 is 0. The highest BCUT2D eigenvalue weighted by Crippen LogP contribution is 2.11. The predicted octanol–water partition coefficient (Wildman–Crippen LogP) is 3.71. The molecular weight excluding hydrogens is 232 g/mol. The van der Waals surface area contributed by atoms with Gasteiger partial charge in [-0.15, -0.1) is 0 Å². The Kier molecular flexibility index (Phi) is 10.2. The summed E-state index contributed by atoms with van der Waals surface area (Å²) in [7, 11) is 0. The van der Waals surface area contributed by atoms with Gasteiger partial charge in [0.1, 0.15) is 0 Å². The minimum absolute atomic E-state index is 0.459. The molecule has 0 saturated carbocycles. The summed E-state index contributed by atoms with van der Waals surface area (Å²) < 4.78 is 0. The van der Waals surface area contributed by atoms with Crippen LogP contribution in [0, 0.1) is 5.41 Å². The predicted molar refractivity (Wildman–Crippen MR) is 72.6 cm³/mol. The number of hydrogen-bond acceptors (Lipinski definition) is 2. The molecule has 0 heterocycles. The summed E-state index contributed by atoms with van der Waals surface area (Å²) in [5, 5.41) is 16.7. The summed E-state index contributed by atoms with van der Waals surface area (Å²) in [5.74, 6) is -1.56. The molecule has 0 aliphatic carbocycles. The van der Waals surface area contributed by atoms with Crippen LogP contribution in [0.25, 0.3) is 0 Å². The van der Waals surface area contributed by atoms with E-state index in [-0.39, 0.29) is 0 Å². The van der Waals surface area contributed by atoms with Crippen LogP contribution in [0.4, 0.5) is 0 Å². The number of aliphatic carboxylic acids is 2. The molecule has 0 unspecified atom stereocenters. The standard InChI is InChI=1S/C9H16O2.C5H10O2/c1-3-4-5-6-7-8(2)9(10)11;1-5(2,3)4(6)7/h7H,3-6H2,1-2H3,(H,10,11);1-3H3,(H,6,7). The van der Waals surface area contributed by atoms with E-state index in [9.17, 15) is 9.59 Å². The number of unbranched alkanes of at least 4 members (excludes halogenated alkanes) is 3. The summed E-state index contributed by atoms with van der Waals surface area (Å²) in [5.41, 5.74) is -0.124. The van der Waals surface area contributed by atoms with Crippen molar-refractivity contribution < 1.29 is 19.8 Å². The Balaban J connectivity index is 0. The average molecular weight is 258 g/mol. The SMILES string of the molecule is CC(C)(C)C(=O)O.CCCCCC=C(C)C(=O)O. The Labute approximate surface area is 110 Å². The second kappa shape index (κ2) is 9.68. The normalized spacial score (nSPS) is 11.5. The Hall–Kier alpha value is -1.32. The molecule has 4 heteroatoms. The Morgan fingerprint density at radius 3 is 1.83 bits per heavy atom. The van der Waals surface area contributed by atoms with Crippen LogP contribution in [-0.2, 0) is 9.59 Å². The fourth-order valence-electron chi connectivity index (χ4n) is 0.800. The van der Waals surface area contributed by atoms with Crippen LogP contribution < -0.4 is 0 Å². The second-order valence-corrected chi connectivity index (χ2v) is 5.24. The van der Waals surface area contributed by atoms with Gasteiger partial charge in [0.2, 0.25) is 0 Å². The van der Waals surface area contributed by atoms with Crippen LogP contribution in [0.15, 0.2) is 11.6 Å². The van der Waals surface area contributed by atoms with Gasteiger partial charge < -0.3 is 10.2 Å². The maximum Gasteiger partial charge on any atom is 0.330 e. The quantitative estimate of drug-likeness (QED) is 0.582. The molecule has 0 aromatic rings. The number of rotatable bonds is 5. The highest BCUT2D eigenvalue weighted by atomic mass is 16.4. The van der Waals surface area contributed by atoms with Crippen LogP contribution in [0.1, 0.15) is 60.3 Å². The molecule has 4 nitrogen and oxygen atoms in total. The van der Waals surface area contributed by atoms with E-state index < -0.39 is 17.4 Å². The van der Waals surface area contributed by atoms with E-state index in [0.29, 0.717) is 5.57 Å². The molecule has 0 bridgehead atoms. The molecule has 0 atom stereocenters. The van der Waals surface area contributed by atoms with E-state index in [1.807, 2.05) is 0 Å². The molecule has 0 spiro atoms. The Morgan fingerprint density at radius 1 is 1.11 bits per heavy atom. The molecule has 0 amide bonds. The average Bonchev–Trinajstić information content (AvgIpc) is 2.23. The monoisotopic (exact) mass is 258 g/mol. The molecule has 0 aliphatic heterocycles. The van der Waals surface area contributed by atoms with Gasteiger partial charge in [0.05, 0.1) is 5.41 Å². The van der Waals surface area contributed by atoms with Gasteiger partial charge in [0.15, 0.2) is 0 Å². The van der Waals surface area contributed by atoms with Crippen molar-refractivity contribution in [3.8, 4) is 0 Å². The third-order valence-electron chi connectivity index (χ3n) is 2.24. The van der Waals surface area contributed by atoms with Gasteiger partial charge in [-0.2, -0.15) is 0 Å². The number of allylic oxidation sites excluding steroid dienone is 1. The molecule has 106 valence electrons. The van der Waals surface area contributed by atoms with E-state index >= 15 is 0 Å². The molecule has 2 N–H and O–H groups in total. The molecule has 0 radical (unpaired) electrons. The van der Waals surface area contributed by atoms with Crippen LogP contribution in [0.2, 0.25) is 0 Å². The zero-order chi connectivity index (χ0) is 14.8. The summed E-state index contributed by atoms with van der Waals surface area (Å²) in [6, 6.07) is 0. The number of carboxylic acid groups (broad SMARTS) is 2. The van der Waals surface area contributed by atoms with Crippen molar-refractivity contribution in [3.05, 3.63) is 11.6 Å². The van der Waals surface area contributed by atoms with Crippen molar-refractivity contribution >= 4 is 11.9 Å². The highest BCUT2D eigenvalue weighted by molar-refractivity contribution is 5.85. The van der Waals surface area contributed by atoms with Crippen molar-refractivity contribution in [2.45, 2.75) is 60.3 Å². The third-order valence-corrected chi connectivity index (χ3v) is 2.24. The van der Waals surface area contributed by atoms with E-state index in [2.05, 4.69) is 6.92 Å². The first-order chi connectivity index (χ1) is 8.12. The zero-order valence-corrected chi connectivity index (χ0v) is 12.1. The third kappa shape index (κ3) is 12.7. The lowest BCUT2D eigenvalue weighted by Crippen LogP contribution is -2.18. The topological polar surface area (TPSA) is 74.6 Å². The van der Waals surface area contributed by atoms with Crippen LogP contribution in [-0.4, -0.2) is 22.2 Å². The minimum atomic E-state index is -0.804. The molecular formula is C14H26O4. The van der Waals surface area contributed by atoms with E-state index in [0.717, 1.165) is 12.8 Å². The van der Waals surface area contributed by atoms with Crippen molar-refractivity contribution in [2.75, 3.05) is 0 Å². The first kappa shape index (κ1) is 19.0. The van der Waals surface area contributed by atoms with Gasteiger partial charge in [-0.25, -0.2) is 4.79 Å². The Bertz CT molecular complexity index is 285. The van der Waals surface area contributed by atoms with Crippen LogP contribution in [0.5, 0.6) is 0 Å². The number of carboxylic acids is 2. The van der Waals surface area contributed by atoms with Gasteiger partial charge in [0, 0.05) is 5.57 Å². The molecule has 0 fully saturated rings. The largest absolute Gasteiger partial charge is 0.481 e. The van der Waals surface area contributed by atoms with Crippen molar-refractivity contribution in [1.82, 2.24) is 0 Å². The van der Waals surface area contributed by atoms with E-state index in [1.165, 1.54) is 12.8 Å². The lowest BCUT2D eigenvalue weighted by Gasteiger charge is -2.08. The van der Waals surface area contributed by atoms with E-state index in [1.54, 1.807) is 33.8 Å². The van der Waals surface area contributed by atoms with Gasteiger partial charge in [-0.3, -0.25) is 4.79 Å².